The molecule has 0 atom stereocenters. The molecule has 0 fully saturated rings. The Bertz CT molecular complexity index is 2150. The van der Waals surface area contributed by atoms with Crippen molar-refractivity contribution < 1.29 is 0 Å². The molecule has 3 heterocycles. The fourth-order valence-electron chi connectivity index (χ4n) is 8.27. The van der Waals surface area contributed by atoms with Gasteiger partial charge >= 0.3 is 0 Å². The van der Waals surface area contributed by atoms with E-state index in [1.54, 1.807) is 11.1 Å². The van der Waals surface area contributed by atoms with E-state index < -0.39 is 0 Å². The Morgan fingerprint density at radius 2 is 1.06 bits per heavy atom. The number of nitrogens with zero attached hydrogens (tertiary/aromatic N) is 2. The zero-order valence-corrected chi connectivity index (χ0v) is 35.1. The zero-order valence-electron chi connectivity index (χ0n) is 32.6. The van der Waals surface area contributed by atoms with Crippen LogP contribution in [-0.4, -0.2) is 8.75 Å². The van der Waals surface area contributed by atoms with Gasteiger partial charge in [0, 0.05) is 36.1 Å². The minimum absolute atomic E-state index is 0.0619. The first-order valence-corrected chi connectivity index (χ1v) is 22.1. The predicted molar refractivity (Wildman–Crippen MR) is 231 cm³/mol. The van der Waals surface area contributed by atoms with Crippen molar-refractivity contribution in [2.75, 3.05) is 0 Å². The second kappa shape index (κ2) is 15.0. The van der Waals surface area contributed by atoms with Crippen LogP contribution in [-0.2, 0) is 16.2 Å². The first-order valence-electron chi connectivity index (χ1n) is 19.7. The predicted octanol–water partition coefficient (Wildman–Crippen LogP) is 15.6. The Labute approximate surface area is 325 Å². The van der Waals surface area contributed by atoms with Crippen molar-refractivity contribution >= 4 is 45.4 Å². The topological polar surface area (TPSA) is 25.8 Å². The smallest absolute Gasteiger partial charge is 0.114 e. The summed E-state index contributed by atoms with van der Waals surface area (Å²) >= 11 is 5.09. The number of aromatic nitrogens is 2. The molecule has 52 heavy (non-hydrogen) atoms. The number of hydrogen-bond acceptors (Lipinski definition) is 5. The zero-order chi connectivity index (χ0) is 36.7. The van der Waals surface area contributed by atoms with Gasteiger partial charge < -0.3 is 0 Å². The second-order valence-corrected chi connectivity index (χ2v) is 19.9. The van der Waals surface area contributed by atoms with Crippen LogP contribution in [0.1, 0.15) is 141 Å². The molecule has 0 bridgehead atoms. The lowest BCUT2D eigenvalue weighted by molar-refractivity contribution is 0.400. The van der Waals surface area contributed by atoms with Crippen molar-refractivity contribution in [2.45, 2.75) is 136 Å². The van der Waals surface area contributed by atoms with Crippen molar-refractivity contribution in [2.24, 2.45) is 0 Å². The monoisotopic (exact) mass is 744 g/mol. The minimum atomic E-state index is 0.0619. The average Bonchev–Trinajstić information content (AvgIpc) is 3.94. The molecule has 6 aromatic rings. The van der Waals surface area contributed by atoms with Crippen LogP contribution in [0.5, 0.6) is 0 Å². The lowest BCUT2D eigenvalue weighted by Crippen LogP contribution is -2.26. The van der Waals surface area contributed by atoms with Gasteiger partial charge in [0.25, 0.3) is 0 Å². The van der Waals surface area contributed by atoms with Gasteiger partial charge in [-0.15, -0.1) is 22.7 Å². The van der Waals surface area contributed by atoms with E-state index in [4.69, 9.17) is 8.75 Å². The summed E-state index contributed by atoms with van der Waals surface area (Å²) in [4.78, 5) is 5.24. The molecule has 1 aliphatic rings. The van der Waals surface area contributed by atoms with Gasteiger partial charge in [0.05, 0.1) is 11.7 Å². The number of benzene rings is 3. The number of hydrogen-bond donors (Lipinski definition) is 0. The maximum atomic E-state index is 4.86. The summed E-state index contributed by atoms with van der Waals surface area (Å²) in [7, 11) is 0. The molecule has 3 aromatic carbocycles. The molecule has 0 unspecified atom stereocenters. The summed E-state index contributed by atoms with van der Waals surface area (Å²) in [6, 6.07) is 28.6. The SMILES string of the molecule is CCCCCCC1(CCCCCC)c2cc(-c3ccc(-c4ccc(-c5ccc(C(C)(C)C)s5)c5nsnc45)s3)ccc2-c2ccc(C(C)(C)C)cc21. The van der Waals surface area contributed by atoms with E-state index in [-0.39, 0.29) is 16.2 Å². The fraction of sp³-hybridized carbons (Fsp3) is 0.447. The molecule has 5 heteroatoms. The van der Waals surface area contributed by atoms with Crippen molar-refractivity contribution in [3.63, 3.8) is 0 Å². The molecule has 0 aliphatic heterocycles. The Hall–Kier alpha value is -3.12. The number of rotatable bonds is 13. The molecule has 3 aromatic heterocycles. The van der Waals surface area contributed by atoms with E-state index >= 15 is 0 Å². The minimum Gasteiger partial charge on any atom is -0.172 e. The highest BCUT2D eigenvalue weighted by Gasteiger charge is 2.43. The molecule has 0 amide bonds. The van der Waals surface area contributed by atoms with Gasteiger partial charge in [0.1, 0.15) is 11.0 Å². The van der Waals surface area contributed by atoms with Gasteiger partial charge in [0.2, 0.25) is 0 Å². The first kappa shape index (κ1) is 37.2. The van der Waals surface area contributed by atoms with Crippen LogP contribution in [0.2, 0.25) is 0 Å². The highest BCUT2D eigenvalue weighted by Crippen LogP contribution is 2.56. The molecule has 7 rings (SSSR count). The third-order valence-corrected chi connectivity index (χ3v) is 14.6. The van der Waals surface area contributed by atoms with E-state index in [0.29, 0.717) is 0 Å². The normalized spacial score (nSPS) is 13.9. The largest absolute Gasteiger partial charge is 0.172 e. The quantitative estimate of drug-likeness (QED) is 0.110. The Morgan fingerprint density at radius 1 is 0.519 bits per heavy atom. The van der Waals surface area contributed by atoms with Crippen molar-refractivity contribution in [1.82, 2.24) is 8.75 Å². The molecular formula is C47H56N2S3. The van der Waals surface area contributed by atoms with Crippen molar-refractivity contribution in [3.8, 4) is 42.4 Å². The van der Waals surface area contributed by atoms with Gasteiger partial charge in [-0.25, -0.2) is 0 Å². The maximum Gasteiger partial charge on any atom is 0.114 e. The van der Waals surface area contributed by atoms with Gasteiger partial charge in [-0.1, -0.05) is 149 Å². The van der Waals surface area contributed by atoms with E-state index in [0.717, 1.165) is 11.0 Å². The third kappa shape index (κ3) is 7.10. The van der Waals surface area contributed by atoms with Crippen LogP contribution in [0.15, 0.2) is 72.8 Å². The highest BCUT2D eigenvalue weighted by molar-refractivity contribution is 7.19. The Morgan fingerprint density at radius 3 is 1.63 bits per heavy atom. The van der Waals surface area contributed by atoms with Crippen LogP contribution in [0.4, 0.5) is 0 Å². The van der Waals surface area contributed by atoms with E-state index in [2.05, 4.69) is 128 Å². The molecular weight excluding hydrogens is 689 g/mol. The van der Waals surface area contributed by atoms with Gasteiger partial charge in [-0.3, -0.25) is 0 Å². The Balaban J connectivity index is 1.28. The van der Waals surface area contributed by atoms with Crippen LogP contribution in [0, 0.1) is 0 Å². The van der Waals surface area contributed by atoms with E-state index in [1.165, 1.54) is 129 Å². The van der Waals surface area contributed by atoms with Crippen LogP contribution in [0.3, 0.4) is 0 Å². The number of unbranched alkanes of at least 4 members (excludes halogenated alkanes) is 6. The van der Waals surface area contributed by atoms with Crippen molar-refractivity contribution in [3.05, 3.63) is 94.4 Å². The third-order valence-electron chi connectivity index (χ3n) is 11.3. The standard InChI is InChI=1S/C47H56N2S3/c1-9-11-13-15-27-47(28-16-14-12-10-2)37-29-31(17-19-33(37)34-20-18-32(30-38(34)47)45(3,4)5)39-23-24-40(50-39)35-21-22-36(44-43(35)48-52-49-44)41-25-26-42(51-41)46(6,7)8/h17-26,29-30H,9-16,27-28H2,1-8H3. The summed E-state index contributed by atoms with van der Waals surface area (Å²) in [6.45, 7) is 18.6. The van der Waals surface area contributed by atoms with Gasteiger partial charge in [-0.05, 0) is 87.4 Å². The van der Waals surface area contributed by atoms with E-state index in [9.17, 15) is 0 Å². The van der Waals surface area contributed by atoms with Crippen LogP contribution < -0.4 is 0 Å². The fourth-order valence-corrected chi connectivity index (χ4v) is 11.0. The molecule has 0 saturated heterocycles. The molecule has 0 spiro atoms. The molecule has 0 saturated carbocycles. The van der Waals surface area contributed by atoms with Crippen LogP contribution >= 0.6 is 34.4 Å². The lowest BCUT2D eigenvalue weighted by atomic mass is 9.69. The van der Waals surface area contributed by atoms with Gasteiger partial charge in [-0.2, -0.15) is 8.75 Å². The number of fused-ring (bicyclic) bond motifs is 4. The number of thiophene rings is 2. The van der Waals surface area contributed by atoms with Crippen LogP contribution in [0.25, 0.3) is 53.5 Å². The summed E-state index contributed by atoms with van der Waals surface area (Å²) in [5, 5.41) is 0. The summed E-state index contributed by atoms with van der Waals surface area (Å²) in [5.41, 5.74) is 13.6. The van der Waals surface area contributed by atoms with Crippen molar-refractivity contribution in [1.29, 1.82) is 0 Å². The van der Waals surface area contributed by atoms with Gasteiger partial charge in [0.15, 0.2) is 0 Å². The molecule has 2 nitrogen and oxygen atoms in total. The average molecular weight is 745 g/mol. The first-order chi connectivity index (χ1) is 24.9. The highest BCUT2D eigenvalue weighted by atomic mass is 32.1. The summed E-state index contributed by atoms with van der Waals surface area (Å²) in [6.07, 6.45) is 12.8. The van der Waals surface area contributed by atoms with E-state index in [1.807, 2.05) is 22.7 Å². The molecule has 0 radical (unpaired) electrons. The Kier molecular flexibility index (Phi) is 10.7. The molecule has 0 N–H and O–H groups in total. The second-order valence-electron chi connectivity index (χ2n) is 17.2. The maximum absolute atomic E-state index is 4.86. The summed E-state index contributed by atoms with van der Waals surface area (Å²) in [5.74, 6) is 0. The molecule has 1 aliphatic carbocycles. The lowest BCUT2D eigenvalue weighted by Gasteiger charge is -2.34. The summed E-state index contributed by atoms with van der Waals surface area (Å²) < 4.78 is 9.69. The molecule has 272 valence electrons.